The van der Waals surface area contributed by atoms with Crippen molar-refractivity contribution >= 4 is 23.0 Å². The first-order valence-corrected chi connectivity index (χ1v) is 5.74. The molecule has 0 saturated carbocycles. The third kappa shape index (κ3) is 2.68. The summed E-state index contributed by atoms with van der Waals surface area (Å²) in [5.41, 5.74) is 3.55. The molecule has 5 nitrogen and oxygen atoms in total. The van der Waals surface area contributed by atoms with E-state index in [1.54, 1.807) is 17.4 Å². The number of aryl methyl sites for hydroxylation is 1. The summed E-state index contributed by atoms with van der Waals surface area (Å²) in [4.78, 5) is 8.60. The number of anilines is 2. The summed E-state index contributed by atoms with van der Waals surface area (Å²) in [6, 6.07) is 5.58. The van der Waals surface area contributed by atoms with Gasteiger partial charge in [-0.05, 0) is 19.1 Å². The summed E-state index contributed by atoms with van der Waals surface area (Å²) in [5, 5.41) is 6.27. The summed E-state index contributed by atoms with van der Waals surface area (Å²) in [7, 11) is 0. The molecule has 84 valence electrons. The van der Waals surface area contributed by atoms with Crippen molar-refractivity contribution in [3.8, 4) is 0 Å². The van der Waals surface area contributed by atoms with Crippen LogP contribution in [0.5, 0.6) is 0 Å². The quantitative estimate of drug-likeness (QED) is 0.556. The van der Waals surface area contributed by atoms with E-state index in [1.165, 1.54) is 0 Å². The molecule has 2 aromatic rings. The van der Waals surface area contributed by atoms with Crippen LogP contribution >= 0.6 is 11.3 Å². The number of rotatable bonds is 4. The summed E-state index contributed by atoms with van der Waals surface area (Å²) < 4.78 is 0. The predicted octanol–water partition coefficient (Wildman–Crippen LogP) is 1.74. The molecule has 0 radical (unpaired) electrons. The van der Waals surface area contributed by atoms with E-state index in [2.05, 4.69) is 20.7 Å². The molecule has 0 unspecified atom stereocenters. The molecule has 0 bridgehead atoms. The van der Waals surface area contributed by atoms with Crippen molar-refractivity contribution < 1.29 is 0 Å². The molecule has 2 rings (SSSR count). The van der Waals surface area contributed by atoms with Gasteiger partial charge in [0.15, 0.2) is 0 Å². The Hall–Kier alpha value is -1.66. The van der Waals surface area contributed by atoms with E-state index in [0.717, 1.165) is 16.5 Å². The summed E-state index contributed by atoms with van der Waals surface area (Å²) in [6.07, 6.45) is 0. The Labute approximate surface area is 97.7 Å². The molecule has 16 heavy (non-hydrogen) atoms. The van der Waals surface area contributed by atoms with Gasteiger partial charge in [-0.3, -0.25) is 0 Å². The minimum Gasteiger partial charge on any atom is -0.363 e. The van der Waals surface area contributed by atoms with Gasteiger partial charge >= 0.3 is 0 Å². The highest BCUT2D eigenvalue weighted by molar-refractivity contribution is 7.09. The number of aromatic nitrogens is 2. The van der Waals surface area contributed by atoms with E-state index in [-0.39, 0.29) is 0 Å². The molecule has 4 N–H and O–H groups in total. The van der Waals surface area contributed by atoms with Crippen molar-refractivity contribution in [2.75, 3.05) is 10.7 Å². The molecule has 0 aromatic carbocycles. The van der Waals surface area contributed by atoms with Gasteiger partial charge in [-0.2, -0.15) is 0 Å². The minimum absolute atomic E-state index is 0.639. The normalized spacial score (nSPS) is 10.1. The molecule has 2 aromatic heterocycles. The third-order valence-electron chi connectivity index (χ3n) is 1.98. The molecule has 0 amide bonds. The molecule has 0 saturated heterocycles. The van der Waals surface area contributed by atoms with Crippen molar-refractivity contribution in [2.24, 2.45) is 5.84 Å². The van der Waals surface area contributed by atoms with Crippen LogP contribution in [-0.4, -0.2) is 9.97 Å². The van der Waals surface area contributed by atoms with Crippen LogP contribution in [0, 0.1) is 6.92 Å². The SMILES string of the molecule is Cc1csc(CNc2cccc(NN)n2)n1. The van der Waals surface area contributed by atoms with Crippen molar-refractivity contribution in [1.29, 1.82) is 0 Å². The highest BCUT2D eigenvalue weighted by Crippen LogP contribution is 2.12. The smallest absolute Gasteiger partial charge is 0.142 e. The Morgan fingerprint density at radius 3 is 2.81 bits per heavy atom. The van der Waals surface area contributed by atoms with E-state index in [1.807, 2.05) is 24.4 Å². The van der Waals surface area contributed by atoms with E-state index in [4.69, 9.17) is 5.84 Å². The van der Waals surface area contributed by atoms with Crippen LogP contribution in [0.25, 0.3) is 0 Å². The number of nitrogens with one attached hydrogen (secondary N) is 2. The first-order valence-electron chi connectivity index (χ1n) is 4.86. The van der Waals surface area contributed by atoms with Crippen molar-refractivity contribution in [2.45, 2.75) is 13.5 Å². The fourth-order valence-corrected chi connectivity index (χ4v) is 1.98. The topological polar surface area (TPSA) is 75.9 Å². The van der Waals surface area contributed by atoms with Crippen molar-refractivity contribution in [3.63, 3.8) is 0 Å². The first-order chi connectivity index (χ1) is 7.78. The number of hydrogen-bond acceptors (Lipinski definition) is 6. The Morgan fingerprint density at radius 2 is 2.12 bits per heavy atom. The molecule has 0 atom stereocenters. The van der Waals surface area contributed by atoms with E-state index in [0.29, 0.717) is 12.4 Å². The number of hydrazine groups is 1. The fourth-order valence-electron chi connectivity index (χ4n) is 1.26. The molecule has 6 heteroatoms. The van der Waals surface area contributed by atoms with Crippen LogP contribution in [-0.2, 0) is 6.54 Å². The van der Waals surface area contributed by atoms with Gasteiger partial charge < -0.3 is 10.7 Å². The van der Waals surface area contributed by atoms with Gasteiger partial charge in [0, 0.05) is 11.1 Å². The maximum atomic E-state index is 5.28. The highest BCUT2D eigenvalue weighted by atomic mass is 32.1. The lowest BCUT2D eigenvalue weighted by Gasteiger charge is -2.05. The second-order valence-electron chi connectivity index (χ2n) is 3.29. The minimum atomic E-state index is 0.639. The number of pyridine rings is 1. The summed E-state index contributed by atoms with van der Waals surface area (Å²) in [5.74, 6) is 6.70. The van der Waals surface area contributed by atoms with E-state index < -0.39 is 0 Å². The maximum Gasteiger partial charge on any atom is 0.142 e. The maximum absolute atomic E-state index is 5.28. The zero-order valence-corrected chi connectivity index (χ0v) is 9.71. The van der Waals surface area contributed by atoms with E-state index >= 15 is 0 Å². The fraction of sp³-hybridized carbons (Fsp3) is 0.200. The lowest BCUT2D eigenvalue weighted by Crippen LogP contribution is -2.09. The Kier molecular flexibility index (Phi) is 3.33. The highest BCUT2D eigenvalue weighted by Gasteiger charge is 1.99. The van der Waals surface area contributed by atoms with Gasteiger partial charge in [0.25, 0.3) is 0 Å². The van der Waals surface area contributed by atoms with Crippen molar-refractivity contribution in [1.82, 2.24) is 9.97 Å². The number of hydrogen-bond donors (Lipinski definition) is 3. The van der Waals surface area contributed by atoms with Gasteiger partial charge in [-0.25, -0.2) is 15.8 Å². The predicted molar refractivity (Wildman–Crippen MR) is 66.2 cm³/mol. The van der Waals surface area contributed by atoms with Gasteiger partial charge in [0.2, 0.25) is 0 Å². The van der Waals surface area contributed by atoms with Gasteiger partial charge in [0.1, 0.15) is 16.6 Å². The van der Waals surface area contributed by atoms with Gasteiger partial charge in [0.05, 0.1) is 6.54 Å². The number of nitrogens with two attached hydrogens (primary N) is 1. The Bertz CT molecular complexity index is 468. The summed E-state index contributed by atoms with van der Waals surface area (Å²) >= 11 is 1.64. The molecular formula is C10H13N5S. The van der Waals surface area contributed by atoms with Crippen LogP contribution in [0.3, 0.4) is 0 Å². The number of nitrogen functional groups attached to an aromatic ring is 1. The number of nitrogens with zero attached hydrogens (tertiary/aromatic N) is 2. The molecule has 0 aliphatic carbocycles. The second kappa shape index (κ2) is 4.91. The lowest BCUT2D eigenvalue weighted by atomic mass is 10.4. The molecule has 0 spiro atoms. The van der Waals surface area contributed by atoms with Crippen LogP contribution in [0.4, 0.5) is 11.6 Å². The van der Waals surface area contributed by atoms with Crippen LogP contribution < -0.4 is 16.6 Å². The third-order valence-corrected chi connectivity index (χ3v) is 2.95. The van der Waals surface area contributed by atoms with Crippen LogP contribution in [0.15, 0.2) is 23.6 Å². The molecule has 0 aliphatic heterocycles. The lowest BCUT2D eigenvalue weighted by molar-refractivity contribution is 1.06. The number of thiazole rings is 1. The largest absolute Gasteiger partial charge is 0.363 e. The molecular weight excluding hydrogens is 222 g/mol. The zero-order chi connectivity index (χ0) is 11.4. The standard InChI is InChI=1S/C10H13N5S/c1-7-6-16-10(13-7)5-12-8-3-2-4-9(14-8)15-11/h2-4,6H,5,11H2,1H3,(H2,12,14,15). The molecule has 2 heterocycles. The van der Waals surface area contributed by atoms with E-state index in [9.17, 15) is 0 Å². The zero-order valence-electron chi connectivity index (χ0n) is 8.90. The van der Waals surface area contributed by atoms with Crippen LogP contribution in [0.2, 0.25) is 0 Å². The molecule has 0 aliphatic rings. The second-order valence-corrected chi connectivity index (χ2v) is 4.23. The van der Waals surface area contributed by atoms with Crippen molar-refractivity contribution in [3.05, 3.63) is 34.3 Å². The van der Waals surface area contributed by atoms with Crippen LogP contribution in [0.1, 0.15) is 10.7 Å². The summed E-state index contributed by atoms with van der Waals surface area (Å²) in [6.45, 7) is 2.66. The van der Waals surface area contributed by atoms with Gasteiger partial charge in [-0.15, -0.1) is 11.3 Å². The average molecular weight is 235 g/mol. The van der Waals surface area contributed by atoms with Gasteiger partial charge in [-0.1, -0.05) is 6.07 Å². The first kappa shape index (κ1) is 10.8. The Balaban J connectivity index is 1.99. The monoisotopic (exact) mass is 235 g/mol. The average Bonchev–Trinajstić information content (AvgIpc) is 2.73. The Morgan fingerprint density at radius 1 is 1.31 bits per heavy atom. The molecule has 0 fully saturated rings.